The summed E-state index contributed by atoms with van der Waals surface area (Å²) in [6.45, 7) is 11.2. The fraction of sp³-hybridized carbons (Fsp3) is 0.209. The van der Waals surface area contributed by atoms with Crippen LogP contribution in [-0.2, 0) is 0 Å². The molecule has 2 atom stereocenters. The largest absolute Gasteiger partial charge is 0.337 e. The summed E-state index contributed by atoms with van der Waals surface area (Å²) < 4.78 is 0. The van der Waals surface area contributed by atoms with Gasteiger partial charge in [-0.15, -0.1) is 0 Å². The third-order valence-corrected chi connectivity index (χ3v) is 9.47. The molecule has 2 nitrogen and oxygen atoms in total. The van der Waals surface area contributed by atoms with E-state index in [1.165, 1.54) is 60.9 Å². The van der Waals surface area contributed by atoms with E-state index in [9.17, 15) is 0 Å². The van der Waals surface area contributed by atoms with E-state index in [-0.39, 0.29) is 6.04 Å². The van der Waals surface area contributed by atoms with Crippen LogP contribution in [-0.4, -0.2) is 6.04 Å². The number of benzene rings is 5. The van der Waals surface area contributed by atoms with Crippen molar-refractivity contribution >= 4 is 44.3 Å². The zero-order chi connectivity index (χ0) is 31.1. The Kier molecular flexibility index (Phi) is 7.67. The Morgan fingerprint density at radius 3 is 1.58 bits per heavy atom. The Morgan fingerprint density at radius 2 is 1.11 bits per heavy atom. The number of hydrogen-bond donors (Lipinski definition) is 0. The Hall–Kier alpha value is -4.82. The van der Waals surface area contributed by atoms with Crippen LogP contribution in [0.1, 0.15) is 44.7 Å². The van der Waals surface area contributed by atoms with Crippen LogP contribution >= 0.6 is 0 Å². The predicted octanol–water partition coefficient (Wildman–Crippen LogP) is 12.0. The molecule has 5 aromatic rings. The van der Waals surface area contributed by atoms with Gasteiger partial charge in [0.1, 0.15) is 0 Å². The van der Waals surface area contributed by atoms with Gasteiger partial charge in [0.2, 0.25) is 0 Å². The van der Waals surface area contributed by atoms with Crippen LogP contribution in [0.15, 0.2) is 144 Å². The number of rotatable bonds is 6. The highest BCUT2D eigenvalue weighted by Crippen LogP contribution is 2.50. The van der Waals surface area contributed by atoms with Gasteiger partial charge in [-0.1, -0.05) is 126 Å². The minimum Gasteiger partial charge on any atom is -0.337 e. The summed E-state index contributed by atoms with van der Waals surface area (Å²) in [4.78, 5) is 5.13. The van der Waals surface area contributed by atoms with Gasteiger partial charge in [-0.3, -0.25) is 0 Å². The van der Waals surface area contributed by atoms with Crippen LogP contribution in [0.2, 0.25) is 0 Å². The van der Waals surface area contributed by atoms with E-state index in [1.54, 1.807) is 0 Å². The molecule has 7 rings (SSSR count). The van der Waals surface area contributed by atoms with Crippen LogP contribution in [0, 0.1) is 19.8 Å². The Bertz CT molecular complexity index is 1900. The maximum Gasteiger partial charge on any atom is 0.0619 e. The second-order valence-electron chi connectivity index (χ2n) is 13.0. The molecule has 2 unspecified atom stereocenters. The van der Waals surface area contributed by atoms with Gasteiger partial charge in [-0.05, 0) is 70.9 Å². The topological polar surface area (TPSA) is 6.48 Å². The Morgan fingerprint density at radius 1 is 0.600 bits per heavy atom. The quantitative estimate of drug-likeness (QED) is 0.144. The monoisotopic (exact) mass is 586 g/mol. The van der Waals surface area contributed by atoms with Gasteiger partial charge in [0.15, 0.2) is 0 Å². The molecule has 2 aliphatic carbocycles. The molecule has 224 valence electrons. The van der Waals surface area contributed by atoms with Gasteiger partial charge in [-0.2, -0.15) is 0 Å². The lowest BCUT2D eigenvalue weighted by atomic mass is 9.88. The van der Waals surface area contributed by atoms with Gasteiger partial charge in [0.05, 0.1) is 17.4 Å². The molecular formula is C43H42N2. The Balaban J connectivity index is 1.57. The molecule has 0 radical (unpaired) electrons. The molecule has 45 heavy (non-hydrogen) atoms. The summed E-state index contributed by atoms with van der Waals surface area (Å²) in [5, 5.41) is 5.04. The molecule has 0 fully saturated rings. The second-order valence-corrected chi connectivity index (χ2v) is 13.0. The highest BCUT2D eigenvalue weighted by Gasteiger charge is 2.31. The smallest absolute Gasteiger partial charge is 0.0619 e. The molecule has 0 saturated heterocycles. The van der Waals surface area contributed by atoms with Crippen molar-refractivity contribution in [3.63, 3.8) is 0 Å². The van der Waals surface area contributed by atoms with E-state index in [0.717, 1.165) is 24.2 Å². The molecule has 0 heterocycles. The van der Waals surface area contributed by atoms with Crippen molar-refractivity contribution in [2.24, 2.45) is 5.92 Å². The number of allylic oxidation sites excluding steroid dienone is 6. The van der Waals surface area contributed by atoms with Crippen LogP contribution < -0.4 is 9.80 Å². The molecule has 0 amide bonds. The van der Waals surface area contributed by atoms with E-state index >= 15 is 0 Å². The van der Waals surface area contributed by atoms with Crippen molar-refractivity contribution in [3.8, 4) is 0 Å². The number of aryl methyl sites for hydroxylation is 2. The molecule has 0 N–H and O–H groups in total. The molecule has 2 aliphatic rings. The average Bonchev–Trinajstić information content (AvgIpc) is 3.05. The normalized spacial score (nSPS) is 18.0. The summed E-state index contributed by atoms with van der Waals surface area (Å²) in [5.74, 6) is 0.421. The third-order valence-electron chi connectivity index (χ3n) is 9.47. The first kappa shape index (κ1) is 28.9. The predicted molar refractivity (Wildman–Crippen MR) is 195 cm³/mol. The first-order valence-corrected chi connectivity index (χ1v) is 16.3. The lowest BCUT2D eigenvalue weighted by molar-refractivity contribution is 0.601. The SMILES string of the molecule is CC1=CCC(N(C2=CC=C(C)CC2C)c2c3ccccc3c(N(c3ccc(C)cc3)c3ccc(C)cc3)c3ccccc23)C=C1. The van der Waals surface area contributed by atoms with Crippen molar-refractivity contribution in [1.82, 2.24) is 0 Å². The van der Waals surface area contributed by atoms with Crippen LogP contribution in [0.5, 0.6) is 0 Å². The summed E-state index contributed by atoms with van der Waals surface area (Å²) in [6.07, 6.45) is 13.9. The van der Waals surface area contributed by atoms with Crippen LogP contribution in [0.25, 0.3) is 21.5 Å². The van der Waals surface area contributed by atoms with Crippen molar-refractivity contribution in [1.29, 1.82) is 0 Å². The maximum absolute atomic E-state index is 2.67. The van der Waals surface area contributed by atoms with E-state index in [4.69, 9.17) is 0 Å². The molecule has 0 aliphatic heterocycles. The summed E-state index contributed by atoms with van der Waals surface area (Å²) in [6, 6.07) is 36.2. The highest BCUT2D eigenvalue weighted by atomic mass is 15.2. The number of anilines is 4. The van der Waals surface area contributed by atoms with Gasteiger partial charge in [0, 0.05) is 44.5 Å². The van der Waals surface area contributed by atoms with Crippen molar-refractivity contribution in [2.75, 3.05) is 9.80 Å². The standard InChI is InChI=1S/C43H42N2/c1-29-14-21-34(22-15-29)44(35-23-16-30(2)17-24-35)42-37-10-6-8-12-39(37)43(40-13-9-7-11-38(40)42)45(36-25-18-31(3)19-26-36)41-27-20-32(4)28-33(41)5/h6-25,27,33,36H,26,28H2,1-5H3. The van der Waals surface area contributed by atoms with E-state index < -0.39 is 0 Å². The van der Waals surface area contributed by atoms with Gasteiger partial charge in [-0.25, -0.2) is 0 Å². The molecule has 5 aromatic carbocycles. The lowest BCUT2D eigenvalue weighted by Gasteiger charge is -2.40. The first-order valence-electron chi connectivity index (χ1n) is 16.3. The number of nitrogens with zero attached hydrogens (tertiary/aromatic N) is 2. The zero-order valence-corrected chi connectivity index (χ0v) is 27.1. The van der Waals surface area contributed by atoms with Crippen molar-refractivity contribution in [2.45, 2.75) is 53.5 Å². The van der Waals surface area contributed by atoms with Crippen molar-refractivity contribution in [3.05, 3.63) is 155 Å². The lowest BCUT2D eigenvalue weighted by Crippen LogP contribution is -2.37. The molecule has 0 aromatic heterocycles. The summed E-state index contributed by atoms with van der Waals surface area (Å²) in [5.41, 5.74) is 11.5. The highest BCUT2D eigenvalue weighted by molar-refractivity contribution is 6.22. The van der Waals surface area contributed by atoms with Crippen molar-refractivity contribution < 1.29 is 0 Å². The fourth-order valence-electron chi connectivity index (χ4n) is 7.14. The zero-order valence-electron chi connectivity index (χ0n) is 27.1. The summed E-state index contributed by atoms with van der Waals surface area (Å²) in [7, 11) is 0. The molecule has 2 heteroatoms. The minimum atomic E-state index is 0.233. The maximum atomic E-state index is 2.67. The van der Waals surface area contributed by atoms with Gasteiger partial charge in [0.25, 0.3) is 0 Å². The second kappa shape index (κ2) is 11.9. The van der Waals surface area contributed by atoms with Crippen LogP contribution in [0.3, 0.4) is 0 Å². The van der Waals surface area contributed by atoms with Crippen LogP contribution in [0.4, 0.5) is 22.7 Å². The van der Waals surface area contributed by atoms with E-state index in [2.05, 4.69) is 172 Å². The van der Waals surface area contributed by atoms with E-state index in [0.29, 0.717) is 5.92 Å². The van der Waals surface area contributed by atoms with E-state index in [1.807, 2.05) is 0 Å². The number of hydrogen-bond acceptors (Lipinski definition) is 2. The Labute approximate surface area is 268 Å². The van der Waals surface area contributed by atoms with Gasteiger partial charge >= 0.3 is 0 Å². The fourth-order valence-corrected chi connectivity index (χ4v) is 7.14. The molecule has 0 saturated carbocycles. The third kappa shape index (κ3) is 5.40. The first-order chi connectivity index (χ1) is 21.9. The van der Waals surface area contributed by atoms with Gasteiger partial charge < -0.3 is 9.80 Å². The average molecular weight is 587 g/mol. The minimum absolute atomic E-state index is 0.233. The molecule has 0 spiro atoms. The summed E-state index contributed by atoms with van der Waals surface area (Å²) >= 11 is 0. The molecule has 0 bridgehead atoms. The number of fused-ring (bicyclic) bond motifs is 2. The molecular weight excluding hydrogens is 544 g/mol.